The summed E-state index contributed by atoms with van der Waals surface area (Å²) in [6.45, 7) is 0. The van der Waals surface area contributed by atoms with Crippen molar-refractivity contribution in [3.05, 3.63) is 29.6 Å². The van der Waals surface area contributed by atoms with Crippen LogP contribution in [0.15, 0.2) is 18.2 Å². The highest BCUT2D eigenvalue weighted by atomic mass is 19.1. The Morgan fingerprint density at radius 3 is 2.64 bits per heavy atom. The number of carbonyl (C=O) groups excluding carboxylic acids is 1. The van der Waals surface area contributed by atoms with Crippen molar-refractivity contribution in [3.63, 3.8) is 0 Å². The number of hydrogen-bond donors (Lipinski definition) is 1. The Kier molecular flexibility index (Phi) is 1.76. The summed E-state index contributed by atoms with van der Waals surface area (Å²) in [4.78, 5) is 10.2. The molecule has 0 radical (unpaired) electrons. The molecule has 4 heteroatoms. The summed E-state index contributed by atoms with van der Waals surface area (Å²) in [6, 6.07) is 3.02. The van der Waals surface area contributed by atoms with Crippen molar-refractivity contribution in [2.24, 2.45) is 0 Å². The van der Waals surface area contributed by atoms with E-state index in [9.17, 15) is 14.3 Å². The summed E-state index contributed by atoms with van der Waals surface area (Å²) in [6.07, 6.45) is 0. The normalized spacial score (nSPS) is 9.55. The second kappa shape index (κ2) is 2.57. The Labute approximate surface area is 62.3 Å². The van der Waals surface area contributed by atoms with E-state index in [2.05, 4.69) is 0 Å². The Morgan fingerprint density at radius 2 is 2.18 bits per heavy atom. The first kappa shape index (κ1) is 7.53. The molecule has 0 heterocycles. The van der Waals surface area contributed by atoms with Crippen molar-refractivity contribution in [1.29, 1.82) is 0 Å². The molecule has 0 aromatic heterocycles. The maximum atomic E-state index is 12.3. The SMILES string of the molecule is Nc1cc(F)ccc1C(=O)[O-]. The van der Waals surface area contributed by atoms with E-state index in [-0.39, 0.29) is 11.3 Å². The number of anilines is 1. The predicted octanol–water partition coefficient (Wildman–Crippen LogP) is -0.229. The van der Waals surface area contributed by atoms with E-state index in [0.29, 0.717) is 0 Å². The van der Waals surface area contributed by atoms with Crippen LogP contribution < -0.4 is 10.8 Å². The van der Waals surface area contributed by atoms with E-state index in [0.717, 1.165) is 18.2 Å². The van der Waals surface area contributed by atoms with Gasteiger partial charge in [-0.3, -0.25) is 0 Å². The molecule has 1 rings (SSSR count). The van der Waals surface area contributed by atoms with Gasteiger partial charge >= 0.3 is 0 Å². The highest BCUT2D eigenvalue weighted by molar-refractivity contribution is 5.91. The number of nitrogen functional groups attached to an aromatic ring is 1. The molecule has 0 aliphatic heterocycles. The van der Waals surface area contributed by atoms with Gasteiger partial charge in [0.05, 0.1) is 5.97 Å². The van der Waals surface area contributed by atoms with E-state index in [4.69, 9.17) is 5.73 Å². The number of halogens is 1. The fourth-order valence-corrected chi connectivity index (χ4v) is 0.719. The number of rotatable bonds is 1. The molecule has 0 aliphatic rings. The maximum Gasteiger partial charge on any atom is 0.125 e. The maximum absolute atomic E-state index is 12.3. The highest BCUT2D eigenvalue weighted by Gasteiger charge is 1.99. The average molecular weight is 154 g/mol. The van der Waals surface area contributed by atoms with Gasteiger partial charge in [0.1, 0.15) is 5.82 Å². The van der Waals surface area contributed by atoms with Crippen LogP contribution in [0.3, 0.4) is 0 Å². The molecule has 1 aromatic carbocycles. The van der Waals surface area contributed by atoms with Crippen molar-refractivity contribution < 1.29 is 14.3 Å². The topological polar surface area (TPSA) is 66.2 Å². The third-order valence-electron chi connectivity index (χ3n) is 1.23. The van der Waals surface area contributed by atoms with Crippen LogP contribution in [-0.2, 0) is 0 Å². The number of hydrogen-bond acceptors (Lipinski definition) is 3. The van der Waals surface area contributed by atoms with Gasteiger partial charge in [-0.15, -0.1) is 0 Å². The number of carboxylic acid groups (broad SMARTS) is 1. The zero-order valence-electron chi connectivity index (χ0n) is 5.50. The molecule has 0 spiro atoms. The van der Waals surface area contributed by atoms with Gasteiger partial charge in [-0.25, -0.2) is 4.39 Å². The fraction of sp³-hybridized carbons (Fsp3) is 0. The summed E-state index contributed by atoms with van der Waals surface area (Å²) < 4.78 is 12.3. The summed E-state index contributed by atoms with van der Waals surface area (Å²) in [7, 11) is 0. The molecule has 0 saturated heterocycles. The lowest BCUT2D eigenvalue weighted by Gasteiger charge is -2.04. The molecule has 0 aliphatic carbocycles. The first-order chi connectivity index (χ1) is 5.11. The molecule has 1 aromatic rings. The minimum absolute atomic E-state index is 0.120. The first-order valence-corrected chi connectivity index (χ1v) is 2.87. The fourth-order valence-electron chi connectivity index (χ4n) is 0.719. The molecular formula is C7H5FNO2-. The van der Waals surface area contributed by atoms with Gasteiger partial charge in [-0.1, -0.05) is 0 Å². The molecule has 0 bridgehead atoms. The Morgan fingerprint density at radius 1 is 1.55 bits per heavy atom. The van der Waals surface area contributed by atoms with Gasteiger partial charge in [0.25, 0.3) is 0 Å². The Bertz CT molecular complexity index is 298. The van der Waals surface area contributed by atoms with Crippen molar-refractivity contribution >= 4 is 11.7 Å². The zero-order chi connectivity index (χ0) is 8.43. The lowest BCUT2D eigenvalue weighted by atomic mass is 10.2. The van der Waals surface area contributed by atoms with Crippen LogP contribution in [0.25, 0.3) is 0 Å². The quantitative estimate of drug-likeness (QED) is 0.568. The predicted molar refractivity (Wildman–Crippen MR) is 35.1 cm³/mol. The van der Waals surface area contributed by atoms with Crippen LogP contribution in [0, 0.1) is 5.82 Å². The van der Waals surface area contributed by atoms with Gasteiger partial charge in [0.15, 0.2) is 0 Å². The standard InChI is InChI=1S/C7H6FNO2/c8-4-1-2-5(7(10)11)6(9)3-4/h1-3H,9H2,(H,10,11)/p-1. The van der Waals surface area contributed by atoms with Crippen LogP contribution in [0.5, 0.6) is 0 Å². The van der Waals surface area contributed by atoms with Crippen LogP contribution in [0.1, 0.15) is 10.4 Å². The second-order valence-corrected chi connectivity index (χ2v) is 2.02. The summed E-state index contributed by atoms with van der Waals surface area (Å²) in [5.41, 5.74) is 4.85. The number of benzene rings is 1. The minimum atomic E-state index is -1.40. The molecule has 58 valence electrons. The first-order valence-electron chi connectivity index (χ1n) is 2.87. The summed E-state index contributed by atoms with van der Waals surface area (Å²) in [5.74, 6) is -1.96. The number of aromatic carboxylic acids is 1. The van der Waals surface area contributed by atoms with Crippen LogP contribution in [-0.4, -0.2) is 5.97 Å². The van der Waals surface area contributed by atoms with Crippen molar-refractivity contribution in [1.82, 2.24) is 0 Å². The Hall–Kier alpha value is -1.58. The van der Waals surface area contributed by atoms with Gasteiger partial charge in [-0.05, 0) is 18.2 Å². The summed E-state index contributed by atoms with van der Waals surface area (Å²) in [5, 5.41) is 10.2. The van der Waals surface area contributed by atoms with Gasteiger partial charge in [0.2, 0.25) is 0 Å². The molecule has 0 unspecified atom stereocenters. The highest BCUT2D eigenvalue weighted by Crippen LogP contribution is 2.11. The largest absolute Gasteiger partial charge is 0.545 e. The van der Waals surface area contributed by atoms with Crippen molar-refractivity contribution in [2.45, 2.75) is 0 Å². The lowest BCUT2D eigenvalue weighted by Crippen LogP contribution is -2.23. The third-order valence-corrected chi connectivity index (χ3v) is 1.23. The Balaban J connectivity index is 3.20. The smallest absolute Gasteiger partial charge is 0.125 e. The number of carbonyl (C=O) groups is 1. The van der Waals surface area contributed by atoms with Crippen LogP contribution in [0.2, 0.25) is 0 Å². The lowest BCUT2D eigenvalue weighted by molar-refractivity contribution is -0.254. The minimum Gasteiger partial charge on any atom is -0.545 e. The molecule has 0 fully saturated rings. The van der Waals surface area contributed by atoms with Crippen LogP contribution in [0.4, 0.5) is 10.1 Å². The van der Waals surface area contributed by atoms with Crippen LogP contribution >= 0.6 is 0 Å². The van der Waals surface area contributed by atoms with E-state index >= 15 is 0 Å². The van der Waals surface area contributed by atoms with Gasteiger partial charge in [-0.2, -0.15) is 0 Å². The summed E-state index contributed by atoms with van der Waals surface area (Å²) >= 11 is 0. The second-order valence-electron chi connectivity index (χ2n) is 2.02. The van der Waals surface area contributed by atoms with Crippen molar-refractivity contribution in [2.75, 3.05) is 5.73 Å². The monoisotopic (exact) mass is 154 g/mol. The molecule has 11 heavy (non-hydrogen) atoms. The van der Waals surface area contributed by atoms with E-state index < -0.39 is 11.8 Å². The average Bonchev–Trinajstić information content (AvgIpc) is 1.85. The van der Waals surface area contributed by atoms with Gasteiger partial charge in [0, 0.05) is 11.3 Å². The molecule has 3 nitrogen and oxygen atoms in total. The van der Waals surface area contributed by atoms with Gasteiger partial charge < -0.3 is 15.6 Å². The van der Waals surface area contributed by atoms with E-state index in [1.165, 1.54) is 0 Å². The number of nitrogens with two attached hydrogens (primary N) is 1. The molecule has 0 atom stereocenters. The number of carboxylic acids is 1. The van der Waals surface area contributed by atoms with Crippen molar-refractivity contribution in [3.8, 4) is 0 Å². The molecule has 0 saturated carbocycles. The molecular weight excluding hydrogens is 149 g/mol. The van der Waals surface area contributed by atoms with E-state index in [1.54, 1.807) is 0 Å². The van der Waals surface area contributed by atoms with E-state index in [1.807, 2.05) is 0 Å². The zero-order valence-corrected chi connectivity index (χ0v) is 5.50. The molecule has 2 N–H and O–H groups in total. The third kappa shape index (κ3) is 1.46. The molecule has 0 amide bonds.